The first-order valence-electron chi connectivity index (χ1n) is 4.34. The Bertz CT molecular complexity index is 309. The quantitative estimate of drug-likeness (QED) is 0.874. The highest BCUT2D eigenvalue weighted by atomic mass is 35.5. The van der Waals surface area contributed by atoms with Gasteiger partial charge in [-0.05, 0) is 12.5 Å². The highest BCUT2D eigenvalue weighted by molar-refractivity contribution is 5.85. The molecule has 0 fully saturated rings. The zero-order chi connectivity index (χ0) is 10.6. The molecule has 0 unspecified atom stereocenters. The van der Waals surface area contributed by atoms with Gasteiger partial charge >= 0.3 is 0 Å². The number of alkyl halides is 1. The van der Waals surface area contributed by atoms with E-state index in [1.165, 1.54) is 19.2 Å². The number of rotatable bonds is 4. The van der Waals surface area contributed by atoms with Crippen LogP contribution < -0.4 is 10.5 Å². The van der Waals surface area contributed by atoms with Gasteiger partial charge in [0.25, 0.3) is 0 Å². The molecule has 0 spiro atoms. The van der Waals surface area contributed by atoms with Gasteiger partial charge in [0.15, 0.2) is 11.6 Å². The lowest BCUT2D eigenvalue weighted by molar-refractivity contribution is 0.371. The average molecular weight is 238 g/mol. The van der Waals surface area contributed by atoms with Crippen molar-refractivity contribution in [3.63, 3.8) is 0 Å². The van der Waals surface area contributed by atoms with Crippen LogP contribution in [0.3, 0.4) is 0 Å². The molecule has 2 N–H and O–H groups in total. The molecule has 0 aliphatic heterocycles. The van der Waals surface area contributed by atoms with Gasteiger partial charge in [0, 0.05) is 11.6 Å². The van der Waals surface area contributed by atoms with Crippen molar-refractivity contribution >= 4 is 12.4 Å². The zero-order valence-electron chi connectivity index (χ0n) is 8.37. The molecular formula is C10H14ClF2NO. The first-order chi connectivity index (χ1) is 6.70. The molecule has 86 valence electrons. The highest BCUT2D eigenvalue weighted by Gasteiger charge is 2.14. The van der Waals surface area contributed by atoms with Gasteiger partial charge in [0.1, 0.15) is 0 Å². The first-order valence-corrected chi connectivity index (χ1v) is 4.34. The molecule has 0 aliphatic carbocycles. The molecule has 2 nitrogen and oxygen atoms in total. The SMILES string of the molecule is COc1c(F)cccc1[C@@H](N)CCF.Cl. The van der Waals surface area contributed by atoms with Crippen LogP contribution >= 0.6 is 12.4 Å². The summed E-state index contributed by atoms with van der Waals surface area (Å²) in [4.78, 5) is 0. The Balaban J connectivity index is 0.00000196. The van der Waals surface area contributed by atoms with Crippen LogP contribution in [-0.2, 0) is 0 Å². The van der Waals surface area contributed by atoms with E-state index >= 15 is 0 Å². The van der Waals surface area contributed by atoms with Gasteiger partial charge in [-0.2, -0.15) is 0 Å². The van der Waals surface area contributed by atoms with Crippen LogP contribution in [0, 0.1) is 5.82 Å². The number of methoxy groups -OCH3 is 1. The van der Waals surface area contributed by atoms with Crippen LogP contribution in [0.4, 0.5) is 8.78 Å². The number of ether oxygens (including phenoxy) is 1. The zero-order valence-corrected chi connectivity index (χ0v) is 9.19. The van der Waals surface area contributed by atoms with Gasteiger partial charge in [-0.3, -0.25) is 4.39 Å². The molecule has 0 aromatic heterocycles. The second-order valence-corrected chi connectivity index (χ2v) is 2.95. The Kier molecular flexibility index (Phi) is 6.20. The Morgan fingerprint density at radius 1 is 1.47 bits per heavy atom. The molecule has 1 rings (SSSR count). The van der Waals surface area contributed by atoms with Crippen LogP contribution in [0.25, 0.3) is 0 Å². The molecule has 1 aromatic rings. The number of halogens is 3. The van der Waals surface area contributed by atoms with Crippen molar-refractivity contribution in [1.29, 1.82) is 0 Å². The van der Waals surface area contributed by atoms with E-state index in [1.54, 1.807) is 6.07 Å². The normalized spacial score (nSPS) is 11.7. The lowest BCUT2D eigenvalue weighted by Gasteiger charge is -2.14. The van der Waals surface area contributed by atoms with Crippen molar-refractivity contribution in [2.45, 2.75) is 12.5 Å². The molecule has 15 heavy (non-hydrogen) atoms. The smallest absolute Gasteiger partial charge is 0.165 e. The van der Waals surface area contributed by atoms with E-state index in [9.17, 15) is 8.78 Å². The average Bonchev–Trinajstić information content (AvgIpc) is 2.17. The summed E-state index contributed by atoms with van der Waals surface area (Å²) in [5, 5.41) is 0. The monoisotopic (exact) mass is 237 g/mol. The third kappa shape index (κ3) is 3.32. The van der Waals surface area contributed by atoms with E-state index in [-0.39, 0.29) is 24.6 Å². The van der Waals surface area contributed by atoms with Crippen LogP contribution in [0.15, 0.2) is 18.2 Å². The van der Waals surface area contributed by atoms with E-state index in [1.807, 2.05) is 0 Å². The molecule has 0 bridgehead atoms. The molecule has 0 saturated heterocycles. The van der Waals surface area contributed by atoms with E-state index in [4.69, 9.17) is 10.5 Å². The Morgan fingerprint density at radius 2 is 2.13 bits per heavy atom. The molecule has 5 heteroatoms. The summed E-state index contributed by atoms with van der Waals surface area (Å²) in [6.07, 6.45) is 0.166. The molecule has 0 amide bonds. The number of nitrogens with two attached hydrogens (primary N) is 1. The fraction of sp³-hybridized carbons (Fsp3) is 0.400. The van der Waals surface area contributed by atoms with Crippen LogP contribution in [0.2, 0.25) is 0 Å². The van der Waals surface area contributed by atoms with Crippen molar-refractivity contribution in [3.05, 3.63) is 29.6 Å². The Labute approximate surface area is 93.8 Å². The fourth-order valence-corrected chi connectivity index (χ4v) is 1.31. The minimum Gasteiger partial charge on any atom is -0.493 e. The molecule has 0 saturated carbocycles. The fourth-order valence-electron chi connectivity index (χ4n) is 1.31. The van der Waals surface area contributed by atoms with Crippen LogP contribution in [-0.4, -0.2) is 13.8 Å². The Morgan fingerprint density at radius 3 is 2.67 bits per heavy atom. The first kappa shape index (κ1) is 14.1. The van der Waals surface area contributed by atoms with Gasteiger partial charge in [0.05, 0.1) is 13.8 Å². The Hall–Kier alpha value is -0.870. The van der Waals surface area contributed by atoms with Gasteiger partial charge < -0.3 is 10.5 Å². The number of hydrogen-bond donors (Lipinski definition) is 1. The van der Waals surface area contributed by atoms with Crippen molar-refractivity contribution in [3.8, 4) is 5.75 Å². The van der Waals surface area contributed by atoms with Gasteiger partial charge in [-0.25, -0.2) is 4.39 Å². The minimum absolute atomic E-state index is 0. The number of benzene rings is 1. The summed E-state index contributed by atoms with van der Waals surface area (Å²) in [7, 11) is 1.37. The summed E-state index contributed by atoms with van der Waals surface area (Å²) >= 11 is 0. The van der Waals surface area contributed by atoms with E-state index in [0.29, 0.717) is 5.56 Å². The number of hydrogen-bond acceptors (Lipinski definition) is 2. The molecule has 1 aromatic carbocycles. The topological polar surface area (TPSA) is 35.2 Å². The standard InChI is InChI=1S/C10H13F2NO.ClH/c1-14-10-7(9(13)5-6-11)3-2-4-8(10)12;/h2-4,9H,5-6,13H2,1H3;1H/t9-;/m0./s1. The van der Waals surface area contributed by atoms with Crippen molar-refractivity contribution in [2.24, 2.45) is 5.73 Å². The van der Waals surface area contributed by atoms with Crippen LogP contribution in [0.1, 0.15) is 18.0 Å². The maximum atomic E-state index is 13.2. The van der Waals surface area contributed by atoms with E-state index in [0.717, 1.165) is 0 Å². The predicted molar refractivity (Wildman–Crippen MR) is 57.7 cm³/mol. The second-order valence-electron chi connectivity index (χ2n) is 2.95. The lowest BCUT2D eigenvalue weighted by Crippen LogP contribution is -2.12. The van der Waals surface area contributed by atoms with Crippen LogP contribution in [0.5, 0.6) is 5.75 Å². The third-order valence-electron chi connectivity index (χ3n) is 2.02. The molecule has 0 heterocycles. The van der Waals surface area contributed by atoms with Gasteiger partial charge in [-0.15, -0.1) is 12.4 Å². The van der Waals surface area contributed by atoms with Crippen molar-refractivity contribution in [2.75, 3.05) is 13.8 Å². The molecule has 1 atom stereocenters. The largest absolute Gasteiger partial charge is 0.493 e. The highest BCUT2D eigenvalue weighted by Crippen LogP contribution is 2.28. The summed E-state index contributed by atoms with van der Waals surface area (Å²) in [6, 6.07) is 3.93. The predicted octanol–water partition coefficient (Wildman–Crippen LogP) is 2.62. The van der Waals surface area contributed by atoms with E-state index in [2.05, 4.69) is 0 Å². The summed E-state index contributed by atoms with van der Waals surface area (Å²) in [5.41, 5.74) is 6.17. The summed E-state index contributed by atoms with van der Waals surface area (Å²) in [5.74, 6) is -0.368. The number of para-hydroxylation sites is 1. The molecule has 0 aliphatic rings. The van der Waals surface area contributed by atoms with Crippen molar-refractivity contribution < 1.29 is 13.5 Å². The molecular weight excluding hydrogens is 224 g/mol. The van der Waals surface area contributed by atoms with E-state index < -0.39 is 18.5 Å². The van der Waals surface area contributed by atoms with Gasteiger partial charge in [-0.1, -0.05) is 12.1 Å². The summed E-state index contributed by atoms with van der Waals surface area (Å²) < 4.78 is 30.1. The molecule has 0 radical (unpaired) electrons. The maximum Gasteiger partial charge on any atom is 0.165 e. The lowest BCUT2D eigenvalue weighted by atomic mass is 10.0. The van der Waals surface area contributed by atoms with Crippen molar-refractivity contribution in [1.82, 2.24) is 0 Å². The third-order valence-corrected chi connectivity index (χ3v) is 2.02. The second kappa shape index (κ2) is 6.58. The maximum absolute atomic E-state index is 13.2. The summed E-state index contributed by atoms with van der Waals surface area (Å²) in [6.45, 7) is -0.527. The van der Waals surface area contributed by atoms with Gasteiger partial charge in [0.2, 0.25) is 0 Å². The minimum atomic E-state index is -0.527.